The Hall–Kier alpha value is -1.72. The molecule has 6 heteroatoms. The average molecular weight is 292 g/mol. The van der Waals surface area contributed by atoms with Gasteiger partial charge in [0.05, 0.1) is 0 Å². The van der Waals surface area contributed by atoms with E-state index in [0.29, 0.717) is 11.1 Å². The van der Waals surface area contributed by atoms with Gasteiger partial charge in [0.15, 0.2) is 0 Å². The Morgan fingerprint density at radius 1 is 1.16 bits per heavy atom. The number of hydrogen-bond acceptors (Lipinski definition) is 4. The fourth-order valence-corrected chi connectivity index (χ4v) is 2.41. The number of nitrogens with zero attached hydrogens (tertiary/aromatic N) is 2. The zero-order valence-electron chi connectivity index (χ0n) is 9.84. The molecule has 96 valence electrons. The normalized spacial score (nSPS) is 10.8. The molecular weight excluding hydrogens is 282 g/mol. The first-order chi connectivity index (χ1) is 9.31. The van der Waals surface area contributed by atoms with Crippen LogP contribution in [-0.4, -0.2) is 15.2 Å². The zero-order valence-corrected chi connectivity index (χ0v) is 11.4. The van der Waals surface area contributed by atoms with Crippen molar-refractivity contribution in [1.29, 1.82) is 0 Å². The van der Waals surface area contributed by atoms with E-state index in [9.17, 15) is 0 Å². The minimum Gasteiger partial charge on any atom is -0.410 e. The molecule has 1 N–H and O–H groups in total. The van der Waals surface area contributed by atoms with Gasteiger partial charge >= 0.3 is 0 Å². The summed E-state index contributed by atoms with van der Waals surface area (Å²) >= 11 is 7.34. The van der Waals surface area contributed by atoms with E-state index >= 15 is 0 Å². The van der Waals surface area contributed by atoms with Crippen molar-refractivity contribution < 1.29 is 4.42 Å². The first-order valence-electron chi connectivity index (χ1n) is 5.66. The summed E-state index contributed by atoms with van der Waals surface area (Å²) in [5.41, 5.74) is 1.99. The Kier molecular flexibility index (Phi) is 3.57. The van der Waals surface area contributed by atoms with Gasteiger partial charge in [0.2, 0.25) is 0 Å². The maximum Gasteiger partial charge on any atom is 0.277 e. The number of nitrogens with one attached hydrogen (secondary N) is 1. The second-order valence-corrected chi connectivity index (χ2v) is 5.24. The molecule has 0 atom stereocenters. The Morgan fingerprint density at radius 2 is 2.00 bits per heavy atom. The quantitative estimate of drug-likeness (QED) is 0.738. The van der Waals surface area contributed by atoms with Crippen molar-refractivity contribution in [3.05, 3.63) is 53.2 Å². The van der Waals surface area contributed by atoms with E-state index < -0.39 is 0 Å². The van der Waals surface area contributed by atoms with Crippen LogP contribution >= 0.6 is 23.4 Å². The minimum atomic E-state index is 0.503. The summed E-state index contributed by atoms with van der Waals surface area (Å²) in [6, 6.07) is 11.5. The number of aromatic nitrogens is 3. The van der Waals surface area contributed by atoms with Gasteiger partial charge in [0.1, 0.15) is 5.69 Å². The third-order valence-electron chi connectivity index (χ3n) is 2.51. The lowest BCUT2D eigenvalue weighted by molar-refractivity contribution is 0.464. The fraction of sp³-hybridized carbons (Fsp3) is 0.0769. The molecule has 0 aliphatic rings. The topological polar surface area (TPSA) is 54.7 Å². The van der Waals surface area contributed by atoms with Gasteiger partial charge in [-0.2, -0.15) is 0 Å². The smallest absolute Gasteiger partial charge is 0.277 e. The zero-order chi connectivity index (χ0) is 13.1. The molecule has 0 amide bonds. The molecule has 3 rings (SSSR count). The first-order valence-corrected chi connectivity index (χ1v) is 7.02. The van der Waals surface area contributed by atoms with Crippen molar-refractivity contribution in [1.82, 2.24) is 15.2 Å². The van der Waals surface area contributed by atoms with Gasteiger partial charge < -0.3 is 9.40 Å². The summed E-state index contributed by atoms with van der Waals surface area (Å²) in [6.45, 7) is 0. The molecule has 0 spiro atoms. The largest absolute Gasteiger partial charge is 0.410 e. The van der Waals surface area contributed by atoms with Gasteiger partial charge in [0, 0.05) is 17.0 Å². The summed E-state index contributed by atoms with van der Waals surface area (Å²) in [7, 11) is 0. The molecule has 0 bridgehead atoms. The van der Waals surface area contributed by atoms with Gasteiger partial charge in [-0.05, 0) is 29.8 Å². The molecule has 0 saturated carbocycles. The van der Waals surface area contributed by atoms with Crippen LogP contribution in [0.25, 0.3) is 11.6 Å². The molecule has 0 saturated heterocycles. The SMILES string of the molecule is Clc1ccc(CSc2nnc(-c3ccc[nH]3)o2)cc1. The van der Waals surface area contributed by atoms with Crippen LogP contribution in [0.3, 0.4) is 0 Å². The molecule has 3 aromatic rings. The third-order valence-corrected chi connectivity index (χ3v) is 3.65. The predicted molar refractivity (Wildman–Crippen MR) is 75.1 cm³/mol. The summed E-state index contributed by atoms with van der Waals surface area (Å²) in [5, 5.41) is 9.29. The predicted octanol–water partition coefficient (Wildman–Crippen LogP) is 4.01. The average Bonchev–Trinajstić information content (AvgIpc) is 3.09. The highest BCUT2D eigenvalue weighted by molar-refractivity contribution is 7.98. The van der Waals surface area contributed by atoms with E-state index in [0.717, 1.165) is 22.0 Å². The summed E-state index contributed by atoms with van der Waals surface area (Å²) in [6.07, 6.45) is 1.82. The molecule has 0 unspecified atom stereocenters. The van der Waals surface area contributed by atoms with Crippen LogP contribution < -0.4 is 0 Å². The molecule has 4 nitrogen and oxygen atoms in total. The molecule has 0 fully saturated rings. The van der Waals surface area contributed by atoms with Crippen molar-refractivity contribution >= 4 is 23.4 Å². The maximum atomic E-state index is 5.84. The lowest BCUT2D eigenvalue weighted by Gasteiger charge is -1.97. The lowest BCUT2D eigenvalue weighted by atomic mass is 10.2. The van der Waals surface area contributed by atoms with Crippen LogP contribution in [0.15, 0.2) is 52.2 Å². The van der Waals surface area contributed by atoms with Crippen molar-refractivity contribution in [3.8, 4) is 11.6 Å². The lowest BCUT2D eigenvalue weighted by Crippen LogP contribution is -1.79. The number of thioether (sulfide) groups is 1. The molecule has 19 heavy (non-hydrogen) atoms. The van der Waals surface area contributed by atoms with Crippen molar-refractivity contribution in [2.75, 3.05) is 0 Å². The van der Waals surface area contributed by atoms with Gasteiger partial charge in [-0.25, -0.2) is 0 Å². The molecule has 2 heterocycles. The highest BCUT2D eigenvalue weighted by atomic mass is 35.5. The van der Waals surface area contributed by atoms with Crippen LogP contribution in [0, 0.1) is 0 Å². The van der Waals surface area contributed by atoms with E-state index in [1.165, 1.54) is 11.8 Å². The van der Waals surface area contributed by atoms with E-state index in [1.807, 2.05) is 42.6 Å². The van der Waals surface area contributed by atoms with Crippen molar-refractivity contribution in [2.45, 2.75) is 11.0 Å². The van der Waals surface area contributed by atoms with Gasteiger partial charge in [0.25, 0.3) is 11.1 Å². The second-order valence-electron chi connectivity index (χ2n) is 3.87. The Balaban J connectivity index is 1.66. The number of H-pyrrole nitrogens is 1. The molecule has 0 aliphatic heterocycles. The number of hydrogen-bond donors (Lipinski definition) is 1. The Morgan fingerprint density at radius 3 is 2.74 bits per heavy atom. The van der Waals surface area contributed by atoms with E-state index in [2.05, 4.69) is 15.2 Å². The van der Waals surface area contributed by atoms with Crippen LogP contribution in [0.5, 0.6) is 0 Å². The second kappa shape index (κ2) is 5.50. The molecule has 0 radical (unpaired) electrons. The minimum absolute atomic E-state index is 0.503. The Labute approximate surface area is 119 Å². The van der Waals surface area contributed by atoms with Gasteiger partial charge in [-0.15, -0.1) is 10.2 Å². The Bertz CT molecular complexity index is 649. The van der Waals surface area contributed by atoms with Gasteiger partial charge in [-0.3, -0.25) is 0 Å². The highest BCUT2D eigenvalue weighted by Crippen LogP contribution is 2.25. The van der Waals surface area contributed by atoms with Crippen LogP contribution in [0.2, 0.25) is 5.02 Å². The standard InChI is InChI=1S/C13H10ClN3OS/c14-10-5-3-9(4-6-10)8-19-13-17-16-12(18-13)11-2-1-7-15-11/h1-7,15H,8H2. The number of aromatic amines is 1. The third kappa shape index (κ3) is 3.00. The number of halogens is 1. The summed E-state index contributed by atoms with van der Waals surface area (Å²) < 4.78 is 5.56. The van der Waals surface area contributed by atoms with Gasteiger partial charge in [-0.1, -0.05) is 35.5 Å². The van der Waals surface area contributed by atoms with Crippen LogP contribution in [0.1, 0.15) is 5.56 Å². The first kappa shape index (κ1) is 12.3. The van der Waals surface area contributed by atoms with E-state index in [-0.39, 0.29) is 0 Å². The molecule has 2 aromatic heterocycles. The highest BCUT2D eigenvalue weighted by Gasteiger charge is 2.09. The molecule has 0 aliphatic carbocycles. The molecule has 1 aromatic carbocycles. The monoisotopic (exact) mass is 291 g/mol. The number of rotatable bonds is 4. The summed E-state index contributed by atoms with van der Waals surface area (Å²) in [5.74, 6) is 1.27. The van der Waals surface area contributed by atoms with Crippen LogP contribution in [0.4, 0.5) is 0 Å². The maximum absolute atomic E-state index is 5.84. The van der Waals surface area contributed by atoms with Crippen molar-refractivity contribution in [2.24, 2.45) is 0 Å². The van der Waals surface area contributed by atoms with Crippen LogP contribution in [-0.2, 0) is 5.75 Å². The van der Waals surface area contributed by atoms with E-state index in [4.69, 9.17) is 16.0 Å². The fourth-order valence-electron chi connectivity index (χ4n) is 1.57. The summed E-state index contributed by atoms with van der Waals surface area (Å²) in [4.78, 5) is 3.03. The number of benzene rings is 1. The van der Waals surface area contributed by atoms with E-state index in [1.54, 1.807) is 0 Å². The van der Waals surface area contributed by atoms with Crippen molar-refractivity contribution in [3.63, 3.8) is 0 Å². The molecular formula is C13H10ClN3OS.